The van der Waals surface area contributed by atoms with E-state index in [0.717, 1.165) is 12.8 Å². The highest BCUT2D eigenvalue weighted by atomic mass is 16.6. The minimum atomic E-state index is -0.675. The number of rotatable bonds is 2. The van der Waals surface area contributed by atoms with Crippen LogP contribution in [0.3, 0.4) is 0 Å². The highest BCUT2D eigenvalue weighted by molar-refractivity contribution is 5.69. The van der Waals surface area contributed by atoms with Crippen molar-refractivity contribution in [3.8, 4) is 0 Å². The first kappa shape index (κ1) is 12.3. The summed E-state index contributed by atoms with van der Waals surface area (Å²) in [5.74, 6) is 0. The van der Waals surface area contributed by atoms with E-state index in [-0.39, 0.29) is 6.09 Å². The van der Waals surface area contributed by atoms with Crippen LogP contribution in [-0.2, 0) is 4.74 Å². The Bertz CT molecular complexity index is 239. The van der Waals surface area contributed by atoms with Gasteiger partial charge in [-0.1, -0.05) is 13.3 Å². The van der Waals surface area contributed by atoms with Crippen LogP contribution in [0.15, 0.2) is 0 Å². The van der Waals surface area contributed by atoms with E-state index in [2.05, 4.69) is 0 Å². The fraction of sp³-hybridized carbons (Fsp3) is 0.909. The summed E-state index contributed by atoms with van der Waals surface area (Å²) in [5.41, 5.74) is -1.14. The highest BCUT2D eigenvalue weighted by Crippen LogP contribution is 2.27. The van der Waals surface area contributed by atoms with Gasteiger partial charge in [-0.3, -0.25) is 0 Å². The first-order valence-electron chi connectivity index (χ1n) is 5.46. The smallest absolute Gasteiger partial charge is 0.410 e. The van der Waals surface area contributed by atoms with E-state index < -0.39 is 11.2 Å². The molecule has 1 saturated heterocycles. The number of amides is 1. The molecule has 1 amide bonds. The lowest BCUT2D eigenvalue weighted by atomic mass is 9.90. The maximum absolute atomic E-state index is 11.5. The number of nitrogens with zero attached hydrogens (tertiary/aromatic N) is 1. The number of likely N-dealkylation sites (tertiary alicyclic amines) is 1. The quantitative estimate of drug-likeness (QED) is 0.763. The molecule has 15 heavy (non-hydrogen) atoms. The molecule has 0 spiro atoms. The van der Waals surface area contributed by atoms with E-state index in [1.807, 2.05) is 27.7 Å². The molecule has 0 aliphatic carbocycles. The number of hydrogen-bond acceptors (Lipinski definition) is 3. The van der Waals surface area contributed by atoms with Crippen LogP contribution in [-0.4, -0.2) is 40.4 Å². The van der Waals surface area contributed by atoms with Crippen molar-refractivity contribution in [1.29, 1.82) is 0 Å². The van der Waals surface area contributed by atoms with Gasteiger partial charge in [0.15, 0.2) is 0 Å². The van der Waals surface area contributed by atoms with Gasteiger partial charge in [-0.05, 0) is 27.2 Å². The Kier molecular flexibility index (Phi) is 3.28. The molecule has 0 aromatic rings. The standard InChI is InChI=1S/C11H21NO3/c1-5-6-11(14)7-12(8-11)9(13)15-10(2,3)4/h14H,5-8H2,1-4H3. The summed E-state index contributed by atoms with van der Waals surface area (Å²) in [5, 5.41) is 9.88. The van der Waals surface area contributed by atoms with Crippen LogP contribution in [0, 0.1) is 0 Å². The SMILES string of the molecule is CCCC1(O)CN(C(=O)OC(C)(C)C)C1. The van der Waals surface area contributed by atoms with Crippen molar-refractivity contribution in [1.82, 2.24) is 4.90 Å². The number of carbonyl (C=O) groups is 1. The summed E-state index contributed by atoms with van der Waals surface area (Å²) in [6, 6.07) is 0. The Morgan fingerprint density at radius 2 is 2.00 bits per heavy atom. The predicted octanol–water partition coefficient (Wildman–Crippen LogP) is 1.77. The molecule has 1 N–H and O–H groups in total. The maximum atomic E-state index is 11.5. The molecular weight excluding hydrogens is 194 g/mol. The molecule has 0 atom stereocenters. The third-order valence-corrected chi connectivity index (χ3v) is 2.34. The van der Waals surface area contributed by atoms with Crippen LogP contribution < -0.4 is 0 Å². The average Bonchev–Trinajstić information content (AvgIpc) is 1.96. The highest BCUT2D eigenvalue weighted by Gasteiger charge is 2.44. The van der Waals surface area contributed by atoms with E-state index in [4.69, 9.17) is 4.74 Å². The molecule has 0 radical (unpaired) electrons. The molecule has 4 nitrogen and oxygen atoms in total. The van der Waals surface area contributed by atoms with Crippen molar-refractivity contribution in [2.75, 3.05) is 13.1 Å². The number of ether oxygens (including phenoxy) is 1. The van der Waals surface area contributed by atoms with Crippen LogP contribution in [0.2, 0.25) is 0 Å². The number of carbonyl (C=O) groups excluding carboxylic acids is 1. The molecule has 0 aromatic heterocycles. The molecule has 1 fully saturated rings. The Morgan fingerprint density at radius 1 is 1.47 bits per heavy atom. The van der Waals surface area contributed by atoms with Crippen molar-refractivity contribution in [3.63, 3.8) is 0 Å². The number of β-amino-alcohol motifs (C(OH)–C–C–N with tert-alkyl or cyclic N) is 1. The Morgan fingerprint density at radius 3 is 2.40 bits per heavy atom. The molecule has 4 heteroatoms. The third-order valence-electron chi connectivity index (χ3n) is 2.34. The van der Waals surface area contributed by atoms with Gasteiger partial charge in [0, 0.05) is 0 Å². The molecule has 0 unspecified atom stereocenters. The Hall–Kier alpha value is -0.770. The zero-order valence-corrected chi connectivity index (χ0v) is 10.0. The van der Waals surface area contributed by atoms with E-state index in [9.17, 15) is 9.90 Å². The molecule has 0 aromatic carbocycles. The maximum Gasteiger partial charge on any atom is 0.410 e. The van der Waals surface area contributed by atoms with Gasteiger partial charge in [0.2, 0.25) is 0 Å². The van der Waals surface area contributed by atoms with E-state index in [1.165, 1.54) is 0 Å². The first-order valence-corrected chi connectivity index (χ1v) is 5.46. The third kappa shape index (κ3) is 3.38. The van der Waals surface area contributed by atoms with Gasteiger partial charge in [0.05, 0.1) is 18.7 Å². The summed E-state index contributed by atoms with van der Waals surface area (Å²) < 4.78 is 5.19. The minimum Gasteiger partial charge on any atom is -0.444 e. The number of aliphatic hydroxyl groups is 1. The fourth-order valence-electron chi connectivity index (χ4n) is 1.74. The Balaban J connectivity index is 2.35. The van der Waals surface area contributed by atoms with Crippen LogP contribution in [0.4, 0.5) is 4.79 Å². The lowest BCUT2D eigenvalue weighted by Crippen LogP contribution is -2.63. The summed E-state index contributed by atoms with van der Waals surface area (Å²) in [6.07, 6.45) is 1.34. The zero-order chi connectivity index (χ0) is 11.7. The van der Waals surface area contributed by atoms with E-state index >= 15 is 0 Å². The van der Waals surface area contributed by atoms with Crippen LogP contribution in [0.1, 0.15) is 40.5 Å². The monoisotopic (exact) mass is 215 g/mol. The van der Waals surface area contributed by atoms with Gasteiger partial charge in [0.1, 0.15) is 5.60 Å². The van der Waals surface area contributed by atoms with E-state index in [0.29, 0.717) is 13.1 Å². The van der Waals surface area contributed by atoms with Gasteiger partial charge in [-0.15, -0.1) is 0 Å². The molecule has 0 saturated carbocycles. The molecule has 88 valence electrons. The van der Waals surface area contributed by atoms with Gasteiger partial charge in [0.25, 0.3) is 0 Å². The zero-order valence-electron chi connectivity index (χ0n) is 10.0. The number of hydrogen-bond donors (Lipinski definition) is 1. The van der Waals surface area contributed by atoms with Crippen LogP contribution in [0.25, 0.3) is 0 Å². The normalized spacial score (nSPS) is 19.7. The Labute approximate surface area is 91.2 Å². The van der Waals surface area contributed by atoms with Gasteiger partial charge < -0.3 is 14.7 Å². The molecule has 1 heterocycles. The lowest BCUT2D eigenvalue weighted by Gasteiger charge is -2.46. The average molecular weight is 215 g/mol. The van der Waals surface area contributed by atoms with E-state index in [1.54, 1.807) is 4.90 Å². The van der Waals surface area contributed by atoms with Crippen molar-refractivity contribution < 1.29 is 14.6 Å². The van der Waals surface area contributed by atoms with Crippen LogP contribution >= 0.6 is 0 Å². The summed E-state index contributed by atoms with van der Waals surface area (Å²) >= 11 is 0. The fourth-order valence-corrected chi connectivity index (χ4v) is 1.74. The van der Waals surface area contributed by atoms with Crippen molar-refractivity contribution in [2.24, 2.45) is 0 Å². The van der Waals surface area contributed by atoms with Crippen molar-refractivity contribution in [3.05, 3.63) is 0 Å². The molecule has 1 aliphatic rings. The predicted molar refractivity (Wildman–Crippen MR) is 57.7 cm³/mol. The minimum absolute atomic E-state index is 0.330. The summed E-state index contributed by atoms with van der Waals surface area (Å²) in [7, 11) is 0. The molecular formula is C11H21NO3. The van der Waals surface area contributed by atoms with Gasteiger partial charge >= 0.3 is 6.09 Å². The van der Waals surface area contributed by atoms with Crippen molar-refractivity contribution >= 4 is 6.09 Å². The summed E-state index contributed by atoms with van der Waals surface area (Å²) in [6.45, 7) is 8.33. The van der Waals surface area contributed by atoms with Crippen molar-refractivity contribution in [2.45, 2.75) is 51.7 Å². The second-order valence-electron chi connectivity index (χ2n) is 5.31. The van der Waals surface area contributed by atoms with Gasteiger partial charge in [-0.25, -0.2) is 4.79 Å². The summed E-state index contributed by atoms with van der Waals surface area (Å²) in [4.78, 5) is 13.1. The topological polar surface area (TPSA) is 49.8 Å². The van der Waals surface area contributed by atoms with Gasteiger partial charge in [-0.2, -0.15) is 0 Å². The second-order valence-corrected chi connectivity index (χ2v) is 5.31. The first-order chi connectivity index (χ1) is 6.76. The molecule has 0 bridgehead atoms. The lowest BCUT2D eigenvalue weighted by molar-refractivity contribution is -0.102. The molecule has 1 rings (SSSR count). The van der Waals surface area contributed by atoms with Crippen LogP contribution in [0.5, 0.6) is 0 Å². The largest absolute Gasteiger partial charge is 0.444 e. The second kappa shape index (κ2) is 4.00. The molecule has 1 aliphatic heterocycles.